The van der Waals surface area contributed by atoms with E-state index in [0.717, 1.165) is 5.56 Å². The first-order chi connectivity index (χ1) is 9.02. The number of furan rings is 1. The molecule has 1 aromatic heterocycles. The van der Waals surface area contributed by atoms with E-state index in [9.17, 15) is 10.2 Å². The van der Waals surface area contributed by atoms with Gasteiger partial charge in [0, 0.05) is 12.6 Å². The number of thiocarbonyl (C=S) groups is 1. The lowest BCUT2D eigenvalue weighted by Gasteiger charge is -2.03. The van der Waals surface area contributed by atoms with Crippen LogP contribution >= 0.6 is 12.2 Å². The van der Waals surface area contributed by atoms with Gasteiger partial charge in [-0.15, -0.1) is 0 Å². The Morgan fingerprint density at radius 2 is 1.79 bits per heavy atom. The first-order valence-electron chi connectivity index (χ1n) is 5.63. The molecule has 2 aromatic rings. The second-order valence-electron chi connectivity index (χ2n) is 4.03. The van der Waals surface area contributed by atoms with Gasteiger partial charge in [-0.25, -0.2) is 0 Å². The summed E-state index contributed by atoms with van der Waals surface area (Å²) in [6.45, 7) is 1.96. The molecule has 0 bridgehead atoms. The summed E-state index contributed by atoms with van der Waals surface area (Å²) in [5.74, 6) is -0.482. The molecule has 0 spiro atoms. The Bertz CT molecular complexity index is 605. The number of benzene rings is 1. The SMILES string of the molecule is CNC(=S)Nc1oc(-c2ccc(C)cc2)c(O)c1O. The average Bonchev–Trinajstić information content (AvgIpc) is 2.68. The standard InChI is InChI=1S/C13H14N2O3S/c1-7-3-5-8(6-4-7)11-9(16)10(17)12(18-11)15-13(19)14-2/h3-6,16-17H,1-2H3,(H2,14,15,19). The molecule has 0 radical (unpaired) electrons. The zero-order valence-electron chi connectivity index (χ0n) is 10.5. The molecular formula is C13H14N2O3S. The van der Waals surface area contributed by atoms with Crippen molar-refractivity contribution < 1.29 is 14.6 Å². The summed E-state index contributed by atoms with van der Waals surface area (Å²) < 4.78 is 5.41. The summed E-state index contributed by atoms with van der Waals surface area (Å²) in [5.41, 5.74) is 1.76. The van der Waals surface area contributed by atoms with Crippen molar-refractivity contribution >= 4 is 23.2 Å². The lowest BCUT2D eigenvalue weighted by atomic mass is 10.1. The van der Waals surface area contributed by atoms with Crippen molar-refractivity contribution in [1.29, 1.82) is 0 Å². The van der Waals surface area contributed by atoms with Gasteiger partial charge in [0.1, 0.15) is 0 Å². The van der Waals surface area contributed by atoms with Crippen molar-refractivity contribution in [3.05, 3.63) is 29.8 Å². The number of anilines is 1. The molecule has 1 heterocycles. The fourth-order valence-electron chi connectivity index (χ4n) is 1.56. The lowest BCUT2D eigenvalue weighted by molar-refractivity contribution is 0.410. The number of hydrogen-bond acceptors (Lipinski definition) is 4. The maximum Gasteiger partial charge on any atom is 0.246 e. The molecule has 0 amide bonds. The van der Waals surface area contributed by atoms with E-state index in [1.54, 1.807) is 19.2 Å². The minimum atomic E-state index is -0.367. The van der Waals surface area contributed by atoms with E-state index in [1.807, 2.05) is 19.1 Å². The Kier molecular flexibility index (Phi) is 3.62. The van der Waals surface area contributed by atoms with E-state index >= 15 is 0 Å². The van der Waals surface area contributed by atoms with Crippen molar-refractivity contribution in [2.24, 2.45) is 0 Å². The van der Waals surface area contributed by atoms with Gasteiger partial charge < -0.3 is 19.9 Å². The van der Waals surface area contributed by atoms with Crippen LogP contribution in [0.3, 0.4) is 0 Å². The molecule has 4 N–H and O–H groups in total. The van der Waals surface area contributed by atoms with Crippen LogP contribution in [-0.2, 0) is 0 Å². The van der Waals surface area contributed by atoms with Gasteiger partial charge in [-0.3, -0.25) is 5.32 Å². The van der Waals surface area contributed by atoms with E-state index in [4.69, 9.17) is 16.6 Å². The highest BCUT2D eigenvalue weighted by atomic mass is 32.1. The molecule has 100 valence electrons. The Balaban J connectivity index is 2.39. The summed E-state index contributed by atoms with van der Waals surface area (Å²) in [6.07, 6.45) is 0. The molecule has 0 saturated carbocycles. The minimum Gasteiger partial charge on any atom is -0.502 e. The van der Waals surface area contributed by atoms with Gasteiger partial charge in [0.2, 0.25) is 17.4 Å². The third kappa shape index (κ3) is 2.63. The topological polar surface area (TPSA) is 77.7 Å². The molecule has 19 heavy (non-hydrogen) atoms. The Morgan fingerprint density at radius 3 is 2.37 bits per heavy atom. The maximum absolute atomic E-state index is 9.88. The van der Waals surface area contributed by atoms with Crippen LogP contribution in [-0.4, -0.2) is 22.4 Å². The molecule has 0 saturated heterocycles. The monoisotopic (exact) mass is 278 g/mol. The third-order valence-electron chi connectivity index (χ3n) is 2.63. The van der Waals surface area contributed by atoms with Crippen LogP contribution in [0.4, 0.5) is 5.88 Å². The van der Waals surface area contributed by atoms with Crippen molar-refractivity contribution in [3.8, 4) is 22.8 Å². The number of aromatic hydroxyl groups is 2. The molecule has 0 aliphatic heterocycles. The van der Waals surface area contributed by atoms with Crippen LogP contribution in [0.2, 0.25) is 0 Å². The lowest BCUT2D eigenvalue weighted by Crippen LogP contribution is -2.23. The zero-order chi connectivity index (χ0) is 14.0. The van der Waals surface area contributed by atoms with Crippen LogP contribution in [0.5, 0.6) is 11.5 Å². The molecule has 6 heteroatoms. The third-order valence-corrected chi connectivity index (χ3v) is 2.93. The fourth-order valence-corrected chi connectivity index (χ4v) is 1.66. The molecule has 0 atom stereocenters. The van der Waals surface area contributed by atoms with Crippen molar-refractivity contribution in [2.45, 2.75) is 6.92 Å². The summed E-state index contributed by atoms with van der Waals surface area (Å²) in [5, 5.41) is 25.3. The molecule has 1 aromatic carbocycles. The summed E-state index contributed by atoms with van der Waals surface area (Å²) in [4.78, 5) is 0. The van der Waals surface area contributed by atoms with Gasteiger partial charge in [-0.2, -0.15) is 0 Å². The van der Waals surface area contributed by atoms with Crippen molar-refractivity contribution in [1.82, 2.24) is 5.32 Å². The summed E-state index contributed by atoms with van der Waals surface area (Å²) >= 11 is 4.91. The maximum atomic E-state index is 9.88. The average molecular weight is 278 g/mol. The van der Waals surface area contributed by atoms with E-state index < -0.39 is 0 Å². The highest BCUT2D eigenvalue weighted by Gasteiger charge is 2.21. The predicted molar refractivity (Wildman–Crippen MR) is 77.5 cm³/mol. The second-order valence-corrected chi connectivity index (χ2v) is 4.44. The van der Waals surface area contributed by atoms with Crippen LogP contribution in [0, 0.1) is 6.92 Å². The van der Waals surface area contributed by atoms with Gasteiger partial charge in [0.05, 0.1) is 0 Å². The second kappa shape index (κ2) is 5.19. The summed E-state index contributed by atoms with van der Waals surface area (Å²) in [7, 11) is 1.63. The molecule has 0 fully saturated rings. The Labute approximate surface area is 115 Å². The number of hydrogen-bond donors (Lipinski definition) is 4. The highest BCUT2D eigenvalue weighted by molar-refractivity contribution is 7.80. The van der Waals surface area contributed by atoms with E-state index in [1.165, 1.54) is 0 Å². The predicted octanol–water partition coefficient (Wildman–Crippen LogP) is 2.58. The first-order valence-corrected chi connectivity index (χ1v) is 6.04. The number of rotatable bonds is 2. The van der Waals surface area contributed by atoms with Crippen LogP contribution in [0.15, 0.2) is 28.7 Å². The van der Waals surface area contributed by atoms with Gasteiger partial charge in [-0.1, -0.05) is 29.8 Å². The van der Waals surface area contributed by atoms with E-state index in [-0.39, 0.29) is 28.3 Å². The van der Waals surface area contributed by atoms with Gasteiger partial charge in [0.15, 0.2) is 10.9 Å². The number of aryl methyl sites for hydroxylation is 1. The molecule has 0 aliphatic carbocycles. The highest BCUT2D eigenvalue weighted by Crippen LogP contribution is 2.45. The normalized spacial score (nSPS) is 10.2. The number of nitrogens with one attached hydrogen (secondary N) is 2. The van der Waals surface area contributed by atoms with Gasteiger partial charge in [-0.05, 0) is 19.1 Å². The molecular weight excluding hydrogens is 264 g/mol. The molecule has 0 unspecified atom stereocenters. The van der Waals surface area contributed by atoms with Crippen molar-refractivity contribution in [3.63, 3.8) is 0 Å². The summed E-state index contributed by atoms with van der Waals surface area (Å²) in [6, 6.07) is 7.38. The van der Waals surface area contributed by atoms with E-state index in [2.05, 4.69) is 10.6 Å². The zero-order valence-corrected chi connectivity index (χ0v) is 11.3. The Morgan fingerprint density at radius 1 is 1.16 bits per heavy atom. The van der Waals surface area contributed by atoms with Crippen molar-refractivity contribution in [2.75, 3.05) is 12.4 Å². The molecule has 0 aliphatic rings. The van der Waals surface area contributed by atoms with Crippen LogP contribution < -0.4 is 10.6 Å². The van der Waals surface area contributed by atoms with Gasteiger partial charge in [0.25, 0.3) is 0 Å². The van der Waals surface area contributed by atoms with E-state index in [0.29, 0.717) is 5.56 Å². The minimum absolute atomic E-state index is 0.00688. The smallest absolute Gasteiger partial charge is 0.246 e. The molecule has 2 rings (SSSR count). The van der Waals surface area contributed by atoms with Crippen LogP contribution in [0.1, 0.15) is 5.56 Å². The fraction of sp³-hybridized carbons (Fsp3) is 0.154. The Hall–Kier alpha value is -2.21. The largest absolute Gasteiger partial charge is 0.502 e. The first kappa shape index (κ1) is 13.2. The molecule has 5 nitrogen and oxygen atoms in total. The quantitative estimate of drug-likeness (QED) is 0.633. The van der Waals surface area contributed by atoms with Crippen LogP contribution in [0.25, 0.3) is 11.3 Å². The van der Waals surface area contributed by atoms with Gasteiger partial charge >= 0.3 is 0 Å².